The van der Waals surface area contributed by atoms with E-state index in [0.29, 0.717) is 28.6 Å². The normalized spacial score (nSPS) is 11.8. The first-order valence-corrected chi connectivity index (χ1v) is 25.9. The van der Waals surface area contributed by atoms with E-state index in [1.807, 2.05) is 95.5 Å². The minimum absolute atomic E-state index is 0.449. The molecule has 0 spiro atoms. The van der Waals surface area contributed by atoms with E-state index >= 15 is 0 Å². The average molecular weight is 978 g/mol. The smallest absolute Gasteiger partial charge is 0.166 e. The second-order valence-electron chi connectivity index (χ2n) is 18.5. The molecule has 74 heavy (non-hydrogen) atoms. The van der Waals surface area contributed by atoms with Crippen LogP contribution in [0.2, 0.25) is 0 Å². The zero-order valence-corrected chi connectivity index (χ0v) is 40.8. The van der Waals surface area contributed by atoms with Gasteiger partial charge in [0.1, 0.15) is 0 Å². The fourth-order valence-electron chi connectivity index (χ4n) is 11.2. The van der Waals surface area contributed by atoms with Crippen LogP contribution in [0.4, 0.5) is 0 Å². The van der Waals surface area contributed by atoms with Crippen molar-refractivity contribution >= 4 is 107 Å². The molecule has 0 fully saturated rings. The van der Waals surface area contributed by atoms with Gasteiger partial charge >= 0.3 is 0 Å². The van der Waals surface area contributed by atoms with E-state index in [1.165, 1.54) is 45.7 Å². The van der Waals surface area contributed by atoms with Crippen LogP contribution in [0.25, 0.3) is 141 Å². The minimum atomic E-state index is 0.449. The summed E-state index contributed by atoms with van der Waals surface area (Å²) in [6, 6.07) is 78.1. The van der Waals surface area contributed by atoms with Crippen LogP contribution in [-0.2, 0) is 0 Å². The van der Waals surface area contributed by atoms with Gasteiger partial charge in [0.25, 0.3) is 0 Å². The first-order chi connectivity index (χ1) is 36.6. The van der Waals surface area contributed by atoms with Gasteiger partial charge in [0.05, 0.1) is 56.7 Å². The molecule has 9 heteroatoms. The maximum atomic E-state index is 10.6. The molecule has 0 radical (unpaired) electrons. The highest BCUT2D eigenvalue weighted by Gasteiger charge is 2.25. The fraction of sp³-hybridized carbons (Fsp3) is 0. The van der Waals surface area contributed by atoms with Gasteiger partial charge in [-0.25, -0.2) is 15.0 Å². The molecule has 5 heterocycles. The molecule has 10 aromatic carbocycles. The Labute approximate surface area is 431 Å². The zero-order chi connectivity index (χ0) is 49.0. The number of para-hydroxylation sites is 2. The average Bonchev–Trinajstić information content (AvgIpc) is 4.25. The van der Waals surface area contributed by atoms with Crippen molar-refractivity contribution in [1.29, 1.82) is 10.5 Å². The standard InChI is InChI=1S/C65H35N7S2/c66-36-38-26-28-49(56(34-38)72-52-23-11-7-21-48(52)60-55(72)33-30-46-44-19-9-13-25-58(44)74-62(46)60)64-68-63(39-14-2-1-3-15-39)69-65(70-64)50-35-40(42-17-5-4-16-41(42)37-67)27-31-53(50)71-51-22-10-6-20-47(51)59-54(71)32-29-45-43-18-8-12-24-57(43)73-61(45)59/h1-35H. The molecule has 7 nitrogen and oxygen atoms in total. The molecule has 0 unspecified atom stereocenters. The molecule has 0 saturated carbocycles. The second kappa shape index (κ2) is 16.4. The van der Waals surface area contributed by atoms with Crippen LogP contribution in [0.1, 0.15) is 11.1 Å². The Morgan fingerprint density at radius 2 is 0.892 bits per heavy atom. The molecule has 0 aliphatic rings. The van der Waals surface area contributed by atoms with E-state index in [2.05, 4.69) is 161 Å². The summed E-state index contributed by atoms with van der Waals surface area (Å²) in [4.78, 5) is 16.3. The van der Waals surface area contributed by atoms with Gasteiger partial charge in [0.15, 0.2) is 17.5 Å². The van der Waals surface area contributed by atoms with Gasteiger partial charge in [-0.15, -0.1) is 22.7 Å². The van der Waals surface area contributed by atoms with Crippen LogP contribution >= 0.6 is 22.7 Å². The highest BCUT2D eigenvalue weighted by Crippen LogP contribution is 2.47. The fourth-order valence-corrected chi connectivity index (χ4v) is 13.7. The minimum Gasteiger partial charge on any atom is -0.308 e. The van der Waals surface area contributed by atoms with E-state index in [0.717, 1.165) is 77.4 Å². The van der Waals surface area contributed by atoms with Crippen LogP contribution in [-0.4, -0.2) is 24.1 Å². The predicted octanol–water partition coefficient (Wildman–Crippen LogP) is 17.2. The van der Waals surface area contributed by atoms with Crippen molar-refractivity contribution in [3.05, 3.63) is 223 Å². The number of nitrogens with zero attached hydrogens (tertiary/aromatic N) is 7. The molecule has 15 rings (SSSR count). The summed E-state index contributed by atoms with van der Waals surface area (Å²) >= 11 is 3.63. The Kier molecular flexibility index (Phi) is 9.29. The van der Waals surface area contributed by atoms with Gasteiger partial charge in [-0.05, 0) is 83.9 Å². The molecule has 15 aromatic rings. The monoisotopic (exact) mass is 977 g/mol. The Hall–Kier alpha value is -9.77. The van der Waals surface area contributed by atoms with Crippen molar-refractivity contribution in [3.8, 4) is 68.8 Å². The van der Waals surface area contributed by atoms with Crippen LogP contribution < -0.4 is 0 Å². The molecule has 5 aromatic heterocycles. The van der Waals surface area contributed by atoms with Gasteiger partial charge in [-0.2, -0.15) is 10.5 Å². The summed E-state index contributed by atoms with van der Waals surface area (Å²) in [5, 5.41) is 30.5. The zero-order valence-electron chi connectivity index (χ0n) is 39.2. The highest BCUT2D eigenvalue weighted by atomic mass is 32.1. The van der Waals surface area contributed by atoms with Crippen molar-refractivity contribution in [1.82, 2.24) is 24.1 Å². The molecule has 0 bridgehead atoms. The lowest BCUT2D eigenvalue weighted by Gasteiger charge is -2.18. The molecule has 342 valence electrons. The number of hydrogen-bond donors (Lipinski definition) is 0. The van der Waals surface area contributed by atoms with Gasteiger partial charge in [0, 0.05) is 78.6 Å². The molecule has 0 N–H and O–H groups in total. The largest absolute Gasteiger partial charge is 0.308 e. The van der Waals surface area contributed by atoms with Crippen molar-refractivity contribution in [2.75, 3.05) is 0 Å². The van der Waals surface area contributed by atoms with Crippen LogP contribution in [0.5, 0.6) is 0 Å². The number of thiophene rings is 2. The van der Waals surface area contributed by atoms with Crippen molar-refractivity contribution < 1.29 is 0 Å². The van der Waals surface area contributed by atoms with Gasteiger partial charge in [0.2, 0.25) is 0 Å². The summed E-state index contributed by atoms with van der Waals surface area (Å²) in [6.07, 6.45) is 0. The molecular weight excluding hydrogens is 943 g/mol. The van der Waals surface area contributed by atoms with E-state index < -0.39 is 0 Å². The number of fused-ring (bicyclic) bond motifs is 14. The number of nitriles is 2. The predicted molar refractivity (Wildman–Crippen MR) is 305 cm³/mol. The molecule has 0 aliphatic heterocycles. The summed E-state index contributed by atoms with van der Waals surface area (Å²) in [6.45, 7) is 0. The maximum absolute atomic E-state index is 10.6. The summed E-state index contributed by atoms with van der Waals surface area (Å²) in [7, 11) is 0. The molecule has 0 atom stereocenters. The van der Waals surface area contributed by atoms with Gasteiger partial charge in [-0.1, -0.05) is 140 Å². The maximum Gasteiger partial charge on any atom is 0.166 e. The SMILES string of the molecule is N#Cc1ccc(-c2nc(-c3ccccc3)nc(-c3cc(-c4ccccc4C#N)ccc3-n3c4ccccc4c4c5sc6ccccc6c5ccc43)n2)c(-n2c3ccccc3c3c4sc5ccccc5c4ccc32)c1. The van der Waals surface area contributed by atoms with Crippen molar-refractivity contribution in [2.24, 2.45) is 0 Å². The van der Waals surface area contributed by atoms with Crippen LogP contribution in [0.15, 0.2) is 212 Å². The third kappa shape index (κ3) is 6.25. The number of aromatic nitrogens is 5. The number of benzene rings is 10. The molecular formula is C65H35N7S2. The summed E-state index contributed by atoms with van der Waals surface area (Å²) in [5.41, 5.74) is 10.8. The topological polar surface area (TPSA) is 96.1 Å². The van der Waals surface area contributed by atoms with E-state index in [4.69, 9.17) is 15.0 Å². The lowest BCUT2D eigenvalue weighted by molar-refractivity contribution is 1.06. The Morgan fingerprint density at radius 3 is 1.53 bits per heavy atom. The number of rotatable bonds is 6. The van der Waals surface area contributed by atoms with Gasteiger partial charge in [-0.3, -0.25) is 0 Å². The Morgan fingerprint density at radius 1 is 0.351 bits per heavy atom. The third-order valence-corrected chi connectivity index (χ3v) is 16.9. The third-order valence-electron chi connectivity index (χ3n) is 14.5. The highest BCUT2D eigenvalue weighted by molar-refractivity contribution is 7.27. The van der Waals surface area contributed by atoms with Crippen LogP contribution in [0.3, 0.4) is 0 Å². The van der Waals surface area contributed by atoms with Gasteiger partial charge < -0.3 is 9.13 Å². The lowest BCUT2D eigenvalue weighted by atomic mass is 9.97. The van der Waals surface area contributed by atoms with E-state index in [9.17, 15) is 10.5 Å². The van der Waals surface area contributed by atoms with E-state index in [1.54, 1.807) is 0 Å². The lowest BCUT2D eigenvalue weighted by Crippen LogP contribution is -2.06. The molecule has 0 saturated heterocycles. The molecule has 0 aliphatic carbocycles. The Bertz CT molecular complexity index is 4950. The van der Waals surface area contributed by atoms with Crippen LogP contribution in [0, 0.1) is 22.7 Å². The molecule has 0 amide bonds. The van der Waals surface area contributed by atoms with E-state index in [-0.39, 0.29) is 0 Å². The summed E-state index contributed by atoms with van der Waals surface area (Å²) < 4.78 is 9.55. The Balaban J connectivity index is 1.03. The first kappa shape index (κ1) is 42.0. The summed E-state index contributed by atoms with van der Waals surface area (Å²) in [5.74, 6) is 1.40. The number of hydrogen-bond acceptors (Lipinski definition) is 7. The van der Waals surface area contributed by atoms with Crippen molar-refractivity contribution in [2.45, 2.75) is 0 Å². The second-order valence-corrected chi connectivity index (χ2v) is 20.6. The first-order valence-electron chi connectivity index (χ1n) is 24.3. The van der Waals surface area contributed by atoms with Crippen molar-refractivity contribution in [3.63, 3.8) is 0 Å². The quantitative estimate of drug-likeness (QED) is 0.165.